The van der Waals surface area contributed by atoms with E-state index in [1.54, 1.807) is 10.9 Å². The number of amides is 1. The number of ether oxygens (including phenoxy) is 1. The smallest absolute Gasteiger partial charge is 0.252 e. The molecule has 1 aliphatic heterocycles. The van der Waals surface area contributed by atoms with Crippen LogP contribution in [0, 0.1) is 0 Å². The first-order valence-electron chi connectivity index (χ1n) is 5.29. The quantitative estimate of drug-likeness (QED) is 0.747. The van der Waals surface area contributed by atoms with Crippen molar-refractivity contribution in [3.8, 4) is 0 Å². The normalized spacial score (nSPS) is 20.9. The molecule has 0 saturated carbocycles. The summed E-state index contributed by atoms with van der Waals surface area (Å²) in [7, 11) is 0. The van der Waals surface area contributed by atoms with Gasteiger partial charge in [-0.15, -0.1) is 0 Å². The van der Waals surface area contributed by atoms with Gasteiger partial charge in [0.2, 0.25) is 0 Å². The van der Waals surface area contributed by atoms with E-state index in [2.05, 4.69) is 5.10 Å². The number of hydrogen-bond acceptors (Lipinski definition) is 4. The van der Waals surface area contributed by atoms with Crippen LogP contribution in [0.1, 0.15) is 34.9 Å². The van der Waals surface area contributed by atoms with Crippen LogP contribution >= 0.6 is 0 Å². The van der Waals surface area contributed by atoms with Crippen molar-refractivity contribution in [2.75, 3.05) is 13.2 Å². The van der Waals surface area contributed by atoms with Gasteiger partial charge in [0.1, 0.15) is 5.69 Å². The predicted octanol–water partition coefficient (Wildman–Crippen LogP) is -0.174. The molecule has 3 N–H and O–H groups in total. The van der Waals surface area contributed by atoms with E-state index in [0.29, 0.717) is 12.3 Å². The highest BCUT2D eigenvalue weighted by Gasteiger charge is 2.20. The maximum atomic E-state index is 11.1. The van der Waals surface area contributed by atoms with Gasteiger partial charge in [-0.1, -0.05) is 0 Å². The van der Waals surface area contributed by atoms with E-state index in [0.717, 1.165) is 19.4 Å². The number of aliphatic hydroxyl groups is 1. The fourth-order valence-electron chi connectivity index (χ4n) is 1.87. The molecule has 0 radical (unpaired) electrons. The average molecular weight is 225 g/mol. The van der Waals surface area contributed by atoms with Gasteiger partial charge < -0.3 is 15.6 Å². The van der Waals surface area contributed by atoms with E-state index >= 15 is 0 Å². The first-order chi connectivity index (χ1) is 7.72. The summed E-state index contributed by atoms with van der Waals surface area (Å²) in [6, 6.07) is 0.132. The summed E-state index contributed by atoms with van der Waals surface area (Å²) in [5.74, 6) is -0.563. The minimum atomic E-state index is -0.563. The van der Waals surface area contributed by atoms with Crippen molar-refractivity contribution in [3.63, 3.8) is 0 Å². The second-order valence-electron chi connectivity index (χ2n) is 3.86. The molecular weight excluding hydrogens is 210 g/mol. The number of carbonyl (C=O) groups excluding carboxylic acids is 1. The SMILES string of the molecule is NC(=O)c1cn(C2CCCOC2)nc1CO. The van der Waals surface area contributed by atoms with E-state index in [-0.39, 0.29) is 18.2 Å². The van der Waals surface area contributed by atoms with Crippen LogP contribution in [0.15, 0.2) is 6.20 Å². The molecule has 6 nitrogen and oxygen atoms in total. The molecule has 1 amide bonds. The summed E-state index contributed by atoms with van der Waals surface area (Å²) in [4.78, 5) is 11.1. The minimum Gasteiger partial charge on any atom is -0.390 e. The molecule has 0 bridgehead atoms. The Labute approximate surface area is 93.0 Å². The Kier molecular flexibility index (Phi) is 3.21. The van der Waals surface area contributed by atoms with Crippen molar-refractivity contribution < 1.29 is 14.6 Å². The molecule has 88 valence electrons. The van der Waals surface area contributed by atoms with Crippen LogP contribution in [0.2, 0.25) is 0 Å². The van der Waals surface area contributed by atoms with Crippen LogP contribution < -0.4 is 5.73 Å². The molecule has 1 aliphatic rings. The number of carbonyl (C=O) groups is 1. The average Bonchev–Trinajstić information content (AvgIpc) is 2.74. The number of nitrogens with two attached hydrogens (primary N) is 1. The zero-order valence-corrected chi connectivity index (χ0v) is 8.93. The van der Waals surface area contributed by atoms with Crippen LogP contribution in [-0.2, 0) is 11.3 Å². The summed E-state index contributed by atoms with van der Waals surface area (Å²) >= 11 is 0. The van der Waals surface area contributed by atoms with Gasteiger partial charge in [-0.2, -0.15) is 5.10 Å². The molecule has 1 aromatic heterocycles. The highest BCUT2D eigenvalue weighted by molar-refractivity contribution is 5.93. The lowest BCUT2D eigenvalue weighted by molar-refractivity contribution is 0.0546. The first-order valence-corrected chi connectivity index (χ1v) is 5.29. The zero-order valence-electron chi connectivity index (χ0n) is 8.93. The maximum Gasteiger partial charge on any atom is 0.252 e. The summed E-state index contributed by atoms with van der Waals surface area (Å²) in [6.07, 6.45) is 3.53. The third-order valence-electron chi connectivity index (χ3n) is 2.73. The number of rotatable bonds is 3. The molecule has 0 aliphatic carbocycles. The Hall–Kier alpha value is -1.40. The number of aliphatic hydroxyl groups excluding tert-OH is 1. The van der Waals surface area contributed by atoms with Crippen molar-refractivity contribution in [2.24, 2.45) is 5.73 Å². The highest BCUT2D eigenvalue weighted by atomic mass is 16.5. The zero-order chi connectivity index (χ0) is 11.5. The number of hydrogen-bond donors (Lipinski definition) is 2. The van der Waals surface area contributed by atoms with Gasteiger partial charge >= 0.3 is 0 Å². The molecule has 0 spiro atoms. The van der Waals surface area contributed by atoms with Gasteiger partial charge in [0, 0.05) is 12.8 Å². The molecule has 2 rings (SSSR count). The van der Waals surface area contributed by atoms with Crippen molar-refractivity contribution in [1.82, 2.24) is 9.78 Å². The van der Waals surface area contributed by atoms with Crippen molar-refractivity contribution >= 4 is 5.91 Å². The van der Waals surface area contributed by atoms with Gasteiger partial charge in [-0.25, -0.2) is 0 Å². The molecule has 16 heavy (non-hydrogen) atoms. The topological polar surface area (TPSA) is 90.4 Å². The lowest BCUT2D eigenvalue weighted by Crippen LogP contribution is -2.21. The van der Waals surface area contributed by atoms with Gasteiger partial charge in [0.25, 0.3) is 5.91 Å². The lowest BCUT2D eigenvalue weighted by atomic mass is 10.1. The van der Waals surface area contributed by atoms with Gasteiger partial charge in [-0.3, -0.25) is 9.48 Å². The molecule has 1 saturated heterocycles. The van der Waals surface area contributed by atoms with Crippen LogP contribution in [0.4, 0.5) is 0 Å². The summed E-state index contributed by atoms with van der Waals surface area (Å²) < 4.78 is 7.01. The van der Waals surface area contributed by atoms with Gasteiger partial charge in [-0.05, 0) is 12.8 Å². The molecule has 1 unspecified atom stereocenters. The monoisotopic (exact) mass is 225 g/mol. The minimum absolute atomic E-state index is 0.132. The lowest BCUT2D eigenvalue weighted by Gasteiger charge is -2.22. The first kappa shape index (κ1) is 11.1. The van der Waals surface area contributed by atoms with Crippen LogP contribution in [-0.4, -0.2) is 34.0 Å². The standard InChI is InChI=1S/C10H15N3O3/c11-10(15)8-4-13(12-9(8)5-14)7-2-1-3-16-6-7/h4,7,14H,1-3,5-6H2,(H2,11,15). The number of nitrogens with zero attached hydrogens (tertiary/aromatic N) is 2. The van der Waals surface area contributed by atoms with Crippen LogP contribution in [0.3, 0.4) is 0 Å². The fraction of sp³-hybridized carbons (Fsp3) is 0.600. The Morgan fingerprint density at radius 2 is 2.56 bits per heavy atom. The molecule has 0 aromatic carbocycles. The highest BCUT2D eigenvalue weighted by Crippen LogP contribution is 2.20. The van der Waals surface area contributed by atoms with Crippen molar-refractivity contribution in [3.05, 3.63) is 17.5 Å². The van der Waals surface area contributed by atoms with Crippen molar-refractivity contribution in [1.29, 1.82) is 0 Å². The predicted molar refractivity (Wildman–Crippen MR) is 55.8 cm³/mol. The van der Waals surface area contributed by atoms with E-state index in [4.69, 9.17) is 15.6 Å². The van der Waals surface area contributed by atoms with Crippen LogP contribution in [0.25, 0.3) is 0 Å². The van der Waals surface area contributed by atoms with E-state index in [1.165, 1.54) is 0 Å². The second-order valence-corrected chi connectivity index (χ2v) is 3.86. The van der Waals surface area contributed by atoms with Gasteiger partial charge in [0.15, 0.2) is 0 Å². The Morgan fingerprint density at radius 1 is 1.75 bits per heavy atom. The van der Waals surface area contributed by atoms with Crippen molar-refractivity contribution in [2.45, 2.75) is 25.5 Å². The Balaban J connectivity index is 2.24. The molecule has 1 fully saturated rings. The Morgan fingerprint density at radius 3 is 3.06 bits per heavy atom. The summed E-state index contributed by atoms with van der Waals surface area (Å²) in [5, 5.41) is 13.2. The van der Waals surface area contributed by atoms with E-state index < -0.39 is 5.91 Å². The molecular formula is C10H15N3O3. The number of aromatic nitrogens is 2. The largest absolute Gasteiger partial charge is 0.390 e. The maximum absolute atomic E-state index is 11.1. The molecule has 1 atom stereocenters. The Bertz CT molecular complexity index is 383. The molecule has 1 aromatic rings. The van der Waals surface area contributed by atoms with Gasteiger partial charge in [0.05, 0.1) is 24.8 Å². The van der Waals surface area contributed by atoms with E-state index in [9.17, 15) is 4.79 Å². The summed E-state index contributed by atoms with van der Waals surface area (Å²) in [5.41, 5.74) is 5.82. The van der Waals surface area contributed by atoms with Crippen LogP contribution in [0.5, 0.6) is 0 Å². The fourth-order valence-corrected chi connectivity index (χ4v) is 1.87. The second kappa shape index (κ2) is 4.63. The molecule has 2 heterocycles. The third kappa shape index (κ3) is 2.07. The summed E-state index contributed by atoms with van der Waals surface area (Å²) in [6.45, 7) is 1.08. The molecule has 6 heteroatoms. The number of primary amides is 1. The third-order valence-corrected chi connectivity index (χ3v) is 2.73. The van der Waals surface area contributed by atoms with E-state index in [1.807, 2.05) is 0 Å².